The van der Waals surface area contributed by atoms with Gasteiger partial charge in [0.1, 0.15) is 0 Å². The molecule has 1 aliphatic heterocycles. The Hall–Kier alpha value is -1.00. The third-order valence-electron chi connectivity index (χ3n) is 3.15. The molecule has 0 aliphatic carbocycles. The van der Waals surface area contributed by atoms with Gasteiger partial charge in [0.2, 0.25) is 5.91 Å². The predicted molar refractivity (Wildman–Crippen MR) is 70.9 cm³/mol. The smallest absolute Gasteiger partial charge is 0.243 e. The quantitative estimate of drug-likeness (QED) is 0.497. The van der Waals surface area contributed by atoms with Gasteiger partial charge in [0.05, 0.1) is 5.92 Å². The second-order valence-corrected chi connectivity index (χ2v) is 5.63. The van der Waals surface area contributed by atoms with E-state index in [9.17, 15) is 4.79 Å². The van der Waals surface area contributed by atoms with Gasteiger partial charge in [-0.15, -0.1) is 11.8 Å². The van der Waals surface area contributed by atoms with Crippen molar-refractivity contribution in [2.45, 2.75) is 30.6 Å². The fourth-order valence-corrected chi connectivity index (χ4v) is 3.12. The van der Waals surface area contributed by atoms with Crippen molar-refractivity contribution in [1.29, 1.82) is 0 Å². The van der Waals surface area contributed by atoms with Crippen LogP contribution < -0.4 is 5.84 Å². The zero-order valence-electron chi connectivity index (χ0n) is 10.3. The number of carbonyl (C=O) groups is 1. The summed E-state index contributed by atoms with van der Waals surface area (Å²) in [4.78, 5) is 13.2. The maximum absolute atomic E-state index is 11.8. The third kappa shape index (κ3) is 2.64. The Morgan fingerprint density at radius 3 is 3.00 bits per heavy atom. The fourth-order valence-electron chi connectivity index (χ4n) is 2.10. The number of thioether (sulfide) groups is 1. The summed E-state index contributed by atoms with van der Waals surface area (Å²) in [6.07, 6.45) is 2.34. The molecule has 1 amide bonds. The molecule has 1 aromatic carbocycles. The van der Waals surface area contributed by atoms with E-state index < -0.39 is 0 Å². The molecule has 92 valence electrons. The first kappa shape index (κ1) is 12.5. The van der Waals surface area contributed by atoms with Gasteiger partial charge in [0.25, 0.3) is 0 Å². The molecule has 0 saturated carbocycles. The van der Waals surface area contributed by atoms with Gasteiger partial charge in [-0.05, 0) is 42.7 Å². The molecule has 3 nitrogen and oxygen atoms in total. The molecule has 0 bridgehead atoms. The van der Waals surface area contributed by atoms with Crippen molar-refractivity contribution in [2.75, 3.05) is 12.8 Å². The maximum atomic E-state index is 11.8. The summed E-state index contributed by atoms with van der Waals surface area (Å²) in [5, 5.41) is 1.17. The summed E-state index contributed by atoms with van der Waals surface area (Å²) in [5.41, 5.74) is 2.44. The lowest BCUT2D eigenvalue weighted by atomic mass is 9.96. The first-order valence-corrected chi connectivity index (χ1v) is 6.86. The summed E-state index contributed by atoms with van der Waals surface area (Å²) in [5.74, 6) is 6.48. The lowest BCUT2D eigenvalue weighted by molar-refractivity contribution is -0.131. The Labute approximate surface area is 106 Å². The molecule has 0 saturated heterocycles. The minimum atomic E-state index is -0.165. The molecule has 0 fully saturated rings. The second-order valence-electron chi connectivity index (χ2n) is 4.49. The van der Waals surface area contributed by atoms with Crippen molar-refractivity contribution in [1.82, 2.24) is 5.01 Å². The van der Waals surface area contributed by atoms with Crippen LogP contribution in [-0.2, 0) is 11.2 Å². The minimum Gasteiger partial charge on any atom is -0.283 e. The summed E-state index contributed by atoms with van der Waals surface area (Å²) in [6.45, 7) is 1.91. The maximum Gasteiger partial charge on any atom is 0.243 e. The summed E-state index contributed by atoms with van der Waals surface area (Å²) >= 11 is 1.90. The molecule has 17 heavy (non-hydrogen) atoms. The first-order chi connectivity index (χ1) is 8.09. The van der Waals surface area contributed by atoms with E-state index in [0.717, 1.165) is 12.0 Å². The fraction of sp³-hybridized carbons (Fsp3) is 0.462. The van der Waals surface area contributed by atoms with Gasteiger partial charge in [-0.1, -0.05) is 12.1 Å². The Morgan fingerprint density at radius 1 is 1.53 bits per heavy atom. The van der Waals surface area contributed by atoms with Crippen LogP contribution >= 0.6 is 11.8 Å². The van der Waals surface area contributed by atoms with Gasteiger partial charge < -0.3 is 0 Å². The van der Waals surface area contributed by atoms with Gasteiger partial charge in [-0.2, -0.15) is 0 Å². The van der Waals surface area contributed by atoms with Crippen molar-refractivity contribution < 1.29 is 4.79 Å². The number of fused-ring (bicyclic) bond motifs is 1. The number of aryl methyl sites for hydroxylation is 1. The van der Waals surface area contributed by atoms with Crippen molar-refractivity contribution in [3.05, 3.63) is 29.3 Å². The van der Waals surface area contributed by atoms with Crippen LogP contribution in [0.25, 0.3) is 0 Å². The number of benzene rings is 1. The van der Waals surface area contributed by atoms with Crippen LogP contribution in [-0.4, -0.2) is 23.7 Å². The Bertz CT molecular complexity index is 431. The number of nitrogens with zero attached hydrogens (tertiary/aromatic N) is 1. The number of hydrogen-bond donors (Lipinski definition) is 1. The molecule has 2 N–H and O–H groups in total. The van der Waals surface area contributed by atoms with E-state index in [1.165, 1.54) is 27.6 Å². The summed E-state index contributed by atoms with van der Waals surface area (Å²) in [7, 11) is 1.59. The molecule has 1 unspecified atom stereocenters. The second kappa shape index (κ2) is 5.10. The zero-order chi connectivity index (χ0) is 12.4. The highest BCUT2D eigenvalue weighted by Gasteiger charge is 2.19. The summed E-state index contributed by atoms with van der Waals surface area (Å²) < 4.78 is 0. The molecular formula is C13H18N2OS. The molecule has 0 aromatic heterocycles. The van der Waals surface area contributed by atoms with Gasteiger partial charge in [-0.25, -0.2) is 5.84 Å². The minimum absolute atomic E-state index is 0.0478. The lowest BCUT2D eigenvalue weighted by Crippen LogP contribution is -2.36. The summed E-state index contributed by atoms with van der Waals surface area (Å²) in [6, 6.07) is 6.34. The molecule has 1 aromatic rings. The first-order valence-electron chi connectivity index (χ1n) is 5.87. The standard InChI is InChI=1S/C13H18N2OS/c1-9(13(16)15(2)14)10-5-6-12-11(8-10)4-3-7-17-12/h5-6,8-9H,3-4,7,14H2,1-2H3. The Morgan fingerprint density at radius 2 is 2.29 bits per heavy atom. The van der Waals surface area contributed by atoms with Crippen LogP contribution in [0.15, 0.2) is 23.1 Å². The molecule has 1 aliphatic rings. The monoisotopic (exact) mass is 250 g/mol. The number of rotatable bonds is 2. The van der Waals surface area contributed by atoms with Crippen molar-refractivity contribution in [3.8, 4) is 0 Å². The normalized spacial score (nSPS) is 16.2. The van der Waals surface area contributed by atoms with E-state index >= 15 is 0 Å². The highest BCUT2D eigenvalue weighted by molar-refractivity contribution is 7.99. The van der Waals surface area contributed by atoms with Crippen LogP contribution in [0.4, 0.5) is 0 Å². The van der Waals surface area contributed by atoms with Crippen LogP contribution in [0.5, 0.6) is 0 Å². The largest absolute Gasteiger partial charge is 0.283 e. The number of likely N-dealkylation sites (N-methyl/N-ethyl adjacent to an activating group) is 1. The van der Waals surface area contributed by atoms with Crippen molar-refractivity contribution in [3.63, 3.8) is 0 Å². The van der Waals surface area contributed by atoms with E-state index in [4.69, 9.17) is 5.84 Å². The van der Waals surface area contributed by atoms with E-state index in [2.05, 4.69) is 12.1 Å². The number of amides is 1. The van der Waals surface area contributed by atoms with E-state index in [-0.39, 0.29) is 11.8 Å². The topological polar surface area (TPSA) is 46.3 Å². The van der Waals surface area contributed by atoms with Crippen molar-refractivity contribution in [2.24, 2.45) is 5.84 Å². The van der Waals surface area contributed by atoms with Gasteiger partial charge in [-0.3, -0.25) is 9.80 Å². The highest BCUT2D eigenvalue weighted by atomic mass is 32.2. The van der Waals surface area contributed by atoms with Gasteiger partial charge in [0.15, 0.2) is 0 Å². The van der Waals surface area contributed by atoms with Gasteiger partial charge in [0, 0.05) is 11.9 Å². The van der Waals surface area contributed by atoms with Crippen LogP contribution in [0, 0.1) is 0 Å². The zero-order valence-corrected chi connectivity index (χ0v) is 11.1. The average molecular weight is 250 g/mol. The average Bonchev–Trinajstić information content (AvgIpc) is 2.36. The SMILES string of the molecule is CC(C(=O)N(C)N)c1ccc2c(c1)CCCS2. The number of carbonyl (C=O) groups excluding carboxylic acids is 1. The molecule has 0 spiro atoms. The number of hydrogen-bond acceptors (Lipinski definition) is 3. The molecule has 4 heteroatoms. The molecular weight excluding hydrogens is 232 g/mol. The predicted octanol–water partition coefficient (Wildman–Crippen LogP) is 2.16. The number of nitrogens with two attached hydrogens (primary N) is 1. The lowest BCUT2D eigenvalue weighted by Gasteiger charge is -2.20. The van der Waals surface area contributed by atoms with Crippen molar-refractivity contribution >= 4 is 17.7 Å². The van der Waals surface area contributed by atoms with Crippen LogP contribution in [0.3, 0.4) is 0 Å². The van der Waals surface area contributed by atoms with E-state index in [0.29, 0.717) is 0 Å². The number of hydrazine groups is 1. The highest BCUT2D eigenvalue weighted by Crippen LogP contribution is 2.32. The third-order valence-corrected chi connectivity index (χ3v) is 4.35. The van der Waals surface area contributed by atoms with Crippen LogP contribution in [0.1, 0.15) is 30.4 Å². The molecule has 0 radical (unpaired) electrons. The molecule has 1 atom stereocenters. The van der Waals surface area contributed by atoms with Gasteiger partial charge >= 0.3 is 0 Å². The van der Waals surface area contributed by atoms with E-state index in [1.807, 2.05) is 24.8 Å². The Kier molecular flexibility index (Phi) is 3.74. The Balaban J connectivity index is 2.24. The van der Waals surface area contributed by atoms with E-state index in [1.54, 1.807) is 7.05 Å². The van der Waals surface area contributed by atoms with Crippen LogP contribution in [0.2, 0.25) is 0 Å². The molecule has 2 rings (SSSR count). The molecule has 1 heterocycles.